The van der Waals surface area contributed by atoms with Crippen LogP contribution < -0.4 is 9.64 Å². The second-order valence-electron chi connectivity index (χ2n) is 8.36. The summed E-state index contributed by atoms with van der Waals surface area (Å²) in [6.07, 6.45) is 0.852. The molecule has 0 aliphatic carbocycles. The number of aromatic nitrogens is 1. The highest BCUT2D eigenvalue weighted by molar-refractivity contribution is 7.17. The van der Waals surface area contributed by atoms with Crippen molar-refractivity contribution in [1.29, 1.82) is 0 Å². The monoisotopic (exact) mass is 506 g/mol. The lowest BCUT2D eigenvalue weighted by Crippen LogP contribution is -2.29. The molecule has 1 fully saturated rings. The number of aliphatic hydroxyl groups is 1. The summed E-state index contributed by atoms with van der Waals surface area (Å²) >= 11 is 0.958. The number of Topliss-reactive ketones (excluding diaryl/α,β-unsaturated/α-hetero) is 1. The van der Waals surface area contributed by atoms with Crippen LogP contribution in [0.4, 0.5) is 5.13 Å². The average molecular weight is 507 g/mol. The van der Waals surface area contributed by atoms with Crippen LogP contribution in [0.1, 0.15) is 51.4 Å². The maximum absolute atomic E-state index is 13.3. The molecular weight excluding hydrogens is 480 g/mol. The van der Waals surface area contributed by atoms with E-state index in [1.807, 2.05) is 26.0 Å². The van der Waals surface area contributed by atoms with Gasteiger partial charge in [-0.25, -0.2) is 9.78 Å². The Kier molecular flexibility index (Phi) is 7.21. The molecule has 1 amide bonds. The highest BCUT2D eigenvalue weighted by atomic mass is 32.1. The maximum atomic E-state index is 13.3. The summed E-state index contributed by atoms with van der Waals surface area (Å²) in [4.78, 5) is 44.7. The number of ketones is 1. The minimum absolute atomic E-state index is 0.0569. The Labute approximate surface area is 212 Å². The molecule has 2 heterocycles. The number of benzene rings is 2. The molecule has 1 aliphatic rings. The molecule has 1 saturated heterocycles. The van der Waals surface area contributed by atoms with Gasteiger partial charge in [0.2, 0.25) is 0 Å². The summed E-state index contributed by atoms with van der Waals surface area (Å²) < 4.78 is 10.5. The van der Waals surface area contributed by atoms with E-state index in [-0.39, 0.29) is 21.3 Å². The molecule has 0 spiro atoms. The van der Waals surface area contributed by atoms with Gasteiger partial charge in [-0.05, 0) is 38.0 Å². The minimum atomic E-state index is -0.956. The number of carbonyl (C=O) groups is 3. The second kappa shape index (κ2) is 10.3. The number of aliphatic hydroxyl groups excluding tert-OH is 1. The van der Waals surface area contributed by atoms with E-state index in [9.17, 15) is 19.5 Å². The van der Waals surface area contributed by atoms with E-state index in [4.69, 9.17) is 9.47 Å². The lowest BCUT2D eigenvalue weighted by molar-refractivity contribution is -0.132. The van der Waals surface area contributed by atoms with Gasteiger partial charge in [0.05, 0.1) is 31.0 Å². The summed E-state index contributed by atoms with van der Waals surface area (Å²) in [5.74, 6) is -1.90. The van der Waals surface area contributed by atoms with Gasteiger partial charge < -0.3 is 14.6 Å². The molecule has 1 atom stereocenters. The molecule has 0 saturated carbocycles. The maximum Gasteiger partial charge on any atom is 0.350 e. The van der Waals surface area contributed by atoms with E-state index in [0.717, 1.165) is 23.3 Å². The quantitative estimate of drug-likeness (QED) is 0.209. The summed E-state index contributed by atoms with van der Waals surface area (Å²) in [6.45, 7) is 6.10. The number of nitrogens with zero attached hydrogens (tertiary/aromatic N) is 2. The smallest absolute Gasteiger partial charge is 0.350 e. The van der Waals surface area contributed by atoms with Crippen molar-refractivity contribution >= 4 is 39.9 Å². The second-order valence-corrected chi connectivity index (χ2v) is 9.33. The van der Waals surface area contributed by atoms with Gasteiger partial charge in [0.15, 0.2) is 5.13 Å². The third-order valence-corrected chi connectivity index (χ3v) is 6.94. The molecule has 3 aromatic rings. The molecule has 1 aliphatic heterocycles. The average Bonchev–Trinajstić information content (AvgIpc) is 3.39. The fourth-order valence-corrected chi connectivity index (χ4v) is 4.96. The number of esters is 1. The van der Waals surface area contributed by atoms with Gasteiger partial charge >= 0.3 is 11.9 Å². The van der Waals surface area contributed by atoms with Crippen molar-refractivity contribution in [2.45, 2.75) is 33.2 Å². The zero-order valence-electron chi connectivity index (χ0n) is 20.4. The SMILES string of the molecule is CCCOc1ccc([C@@H]2C(=C(O)c3ccc(C)cc3)C(=O)C(=O)N2c2nc(C)c(C(=O)OC)s2)cc1. The van der Waals surface area contributed by atoms with Crippen molar-refractivity contribution in [2.75, 3.05) is 18.6 Å². The highest BCUT2D eigenvalue weighted by Crippen LogP contribution is 2.44. The van der Waals surface area contributed by atoms with Crippen molar-refractivity contribution in [3.05, 3.63) is 81.4 Å². The predicted molar refractivity (Wildman–Crippen MR) is 136 cm³/mol. The fourth-order valence-electron chi connectivity index (χ4n) is 3.95. The Morgan fingerprint density at radius 2 is 1.75 bits per heavy atom. The number of amides is 1. The van der Waals surface area contributed by atoms with Crippen molar-refractivity contribution in [2.24, 2.45) is 0 Å². The molecular formula is C27H26N2O6S. The summed E-state index contributed by atoms with van der Waals surface area (Å²) in [5, 5.41) is 11.4. The number of hydrogen-bond acceptors (Lipinski definition) is 8. The van der Waals surface area contributed by atoms with Gasteiger partial charge in [-0.2, -0.15) is 0 Å². The largest absolute Gasteiger partial charge is 0.507 e. The number of hydrogen-bond donors (Lipinski definition) is 1. The normalized spacial score (nSPS) is 16.9. The van der Waals surface area contributed by atoms with Crippen LogP contribution in [-0.2, 0) is 14.3 Å². The van der Waals surface area contributed by atoms with Gasteiger partial charge in [-0.15, -0.1) is 0 Å². The number of ether oxygens (including phenoxy) is 2. The molecule has 36 heavy (non-hydrogen) atoms. The topological polar surface area (TPSA) is 106 Å². The molecule has 186 valence electrons. The Bertz CT molecular complexity index is 1340. The van der Waals surface area contributed by atoms with Gasteiger partial charge in [-0.3, -0.25) is 14.5 Å². The fraction of sp³-hybridized carbons (Fsp3) is 0.259. The molecule has 0 radical (unpaired) electrons. The lowest BCUT2D eigenvalue weighted by Gasteiger charge is -2.23. The first-order valence-corrected chi connectivity index (χ1v) is 12.2. The van der Waals surface area contributed by atoms with Crippen LogP contribution in [0.2, 0.25) is 0 Å². The van der Waals surface area contributed by atoms with Gasteiger partial charge in [0.25, 0.3) is 5.78 Å². The van der Waals surface area contributed by atoms with Crippen LogP contribution in [0.15, 0.2) is 54.1 Å². The van der Waals surface area contributed by atoms with Crippen LogP contribution in [0.3, 0.4) is 0 Å². The molecule has 8 nitrogen and oxygen atoms in total. The first kappa shape index (κ1) is 25.1. The molecule has 1 N–H and O–H groups in total. The van der Waals surface area contributed by atoms with E-state index < -0.39 is 23.7 Å². The number of carbonyl (C=O) groups excluding carboxylic acids is 3. The highest BCUT2D eigenvalue weighted by Gasteiger charge is 2.48. The lowest BCUT2D eigenvalue weighted by atomic mass is 9.95. The van der Waals surface area contributed by atoms with Crippen LogP contribution in [-0.4, -0.2) is 41.5 Å². The Morgan fingerprint density at radius 1 is 1.08 bits per heavy atom. The Morgan fingerprint density at radius 3 is 2.36 bits per heavy atom. The van der Waals surface area contributed by atoms with Gasteiger partial charge in [0, 0.05) is 5.56 Å². The summed E-state index contributed by atoms with van der Waals surface area (Å²) in [6, 6.07) is 13.1. The first-order valence-electron chi connectivity index (χ1n) is 11.4. The zero-order valence-corrected chi connectivity index (χ0v) is 21.2. The predicted octanol–water partition coefficient (Wildman–Crippen LogP) is 4.96. The summed E-state index contributed by atoms with van der Waals surface area (Å²) in [7, 11) is 1.26. The Balaban J connectivity index is 1.88. The van der Waals surface area contributed by atoms with E-state index in [1.54, 1.807) is 43.3 Å². The summed E-state index contributed by atoms with van der Waals surface area (Å²) in [5.41, 5.74) is 2.30. The van der Waals surface area contributed by atoms with Crippen molar-refractivity contribution in [3.8, 4) is 5.75 Å². The van der Waals surface area contributed by atoms with E-state index in [2.05, 4.69) is 4.98 Å². The molecule has 0 bridgehead atoms. The molecule has 2 aromatic carbocycles. The van der Waals surface area contributed by atoms with Crippen LogP contribution in [0, 0.1) is 13.8 Å². The number of rotatable bonds is 7. The van der Waals surface area contributed by atoms with Crippen LogP contribution in [0.25, 0.3) is 5.76 Å². The van der Waals surface area contributed by atoms with Crippen LogP contribution in [0.5, 0.6) is 5.75 Å². The standard InChI is InChI=1S/C27H26N2O6S/c1-5-14-35-19-12-10-17(11-13-19)21-20(22(30)18-8-6-15(2)7-9-18)23(31)25(32)29(21)27-28-16(3)24(36-27)26(33)34-4/h6-13,21,30H,5,14H2,1-4H3/t21-/m1/s1. The number of anilines is 1. The molecule has 9 heteroatoms. The molecule has 1 aromatic heterocycles. The van der Waals surface area contributed by atoms with E-state index >= 15 is 0 Å². The number of methoxy groups -OCH3 is 1. The first-order chi connectivity index (χ1) is 17.3. The van der Waals surface area contributed by atoms with E-state index in [1.165, 1.54) is 12.0 Å². The van der Waals surface area contributed by atoms with Gasteiger partial charge in [-0.1, -0.05) is 60.2 Å². The van der Waals surface area contributed by atoms with Crippen molar-refractivity contribution in [1.82, 2.24) is 4.98 Å². The van der Waals surface area contributed by atoms with Crippen molar-refractivity contribution in [3.63, 3.8) is 0 Å². The molecule has 4 rings (SSSR count). The van der Waals surface area contributed by atoms with Crippen LogP contribution >= 0.6 is 11.3 Å². The van der Waals surface area contributed by atoms with E-state index in [0.29, 0.717) is 29.2 Å². The third-order valence-electron chi connectivity index (χ3n) is 5.80. The number of aryl methyl sites for hydroxylation is 2. The van der Waals surface area contributed by atoms with Gasteiger partial charge in [0.1, 0.15) is 16.4 Å². The minimum Gasteiger partial charge on any atom is -0.507 e. The van der Waals surface area contributed by atoms with Crippen molar-refractivity contribution < 1.29 is 29.0 Å². The number of thiazole rings is 1. The Hall–Kier alpha value is -3.98. The third kappa shape index (κ3) is 4.61. The zero-order chi connectivity index (χ0) is 26.0. The molecule has 0 unspecified atom stereocenters.